The van der Waals surface area contributed by atoms with Crippen LogP contribution in [0.25, 0.3) is 0 Å². The fourth-order valence-corrected chi connectivity index (χ4v) is 2.94. The molecule has 0 unspecified atom stereocenters. The minimum Gasteiger partial charge on any atom is -0.490 e. The van der Waals surface area contributed by atoms with Crippen LogP contribution in [0, 0.1) is 0 Å². The van der Waals surface area contributed by atoms with Crippen molar-refractivity contribution in [1.29, 1.82) is 0 Å². The van der Waals surface area contributed by atoms with Gasteiger partial charge in [0.05, 0.1) is 19.8 Å². The fourth-order valence-electron chi connectivity index (χ4n) is 2.94. The Hall–Kier alpha value is -1.25. The standard InChI is InChI=1S/C21H35N3O4.2ClH/c1-5-27-19-14-17(15-22-8-9-24-10-12-26-13-11-24)6-7-18(19)28-16-20(25)23-21(2,3)4;;/h6-7,14,22H,5,8-13,15-16H2,1-4H3,(H,23,25);2*1H. The zero-order valence-corrected chi connectivity index (χ0v) is 20.1. The second-order valence-corrected chi connectivity index (χ2v) is 7.93. The van der Waals surface area contributed by atoms with Crippen LogP contribution in [0.5, 0.6) is 11.5 Å². The normalized spacial score (nSPS) is 14.3. The molecule has 0 radical (unpaired) electrons. The lowest BCUT2D eigenvalue weighted by atomic mass is 10.1. The van der Waals surface area contributed by atoms with Crippen molar-refractivity contribution in [2.75, 3.05) is 52.6 Å². The van der Waals surface area contributed by atoms with Crippen molar-refractivity contribution >= 4 is 30.7 Å². The van der Waals surface area contributed by atoms with Gasteiger partial charge >= 0.3 is 0 Å². The summed E-state index contributed by atoms with van der Waals surface area (Å²) in [6, 6.07) is 5.85. The first kappa shape index (κ1) is 28.8. The lowest BCUT2D eigenvalue weighted by Gasteiger charge is -2.26. The van der Waals surface area contributed by atoms with E-state index in [0.717, 1.165) is 51.5 Å². The van der Waals surface area contributed by atoms with Gasteiger partial charge in [-0.05, 0) is 45.4 Å². The van der Waals surface area contributed by atoms with Gasteiger partial charge in [-0.25, -0.2) is 0 Å². The van der Waals surface area contributed by atoms with Crippen LogP contribution in [-0.2, 0) is 16.1 Å². The predicted octanol–water partition coefficient (Wildman–Crippen LogP) is 2.64. The SMILES string of the molecule is CCOc1cc(CNCCN2CCOCC2)ccc1OCC(=O)NC(C)(C)C.Cl.Cl. The van der Waals surface area contributed by atoms with E-state index in [9.17, 15) is 4.79 Å². The topological polar surface area (TPSA) is 72.1 Å². The quantitative estimate of drug-likeness (QED) is 0.517. The van der Waals surface area contributed by atoms with Gasteiger partial charge in [0.2, 0.25) is 0 Å². The number of morpholine rings is 1. The van der Waals surface area contributed by atoms with E-state index in [1.807, 2.05) is 45.9 Å². The molecule has 1 fully saturated rings. The third-order valence-corrected chi connectivity index (χ3v) is 4.22. The molecule has 1 aliphatic heterocycles. The van der Waals surface area contributed by atoms with E-state index in [1.165, 1.54) is 0 Å². The van der Waals surface area contributed by atoms with Crippen LogP contribution in [-0.4, -0.2) is 69.0 Å². The number of nitrogens with one attached hydrogen (secondary N) is 2. The van der Waals surface area contributed by atoms with Crippen molar-refractivity contribution in [2.24, 2.45) is 0 Å². The Morgan fingerprint density at radius 2 is 1.83 bits per heavy atom. The van der Waals surface area contributed by atoms with Gasteiger partial charge in [0, 0.05) is 38.3 Å². The monoisotopic (exact) mass is 465 g/mol. The summed E-state index contributed by atoms with van der Waals surface area (Å²) in [5, 5.41) is 6.36. The van der Waals surface area contributed by atoms with Crippen LogP contribution in [0.15, 0.2) is 18.2 Å². The van der Waals surface area contributed by atoms with Gasteiger partial charge in [0.15, 0.2) is 18.1 Å². The number of halogens is 2. The Bertz CT molecular complexity index is 621. The molecule has 0 atom stereocenters. The van der Waals surface area contributed by atoms with Gasteiger partial charge < -0.3 is 24.8 Å². The summed E-state index contributed by atoms with van der Waals surface area (Å²) >= 11 is 0. The maximum absolute atomic E-state index is 12.0. The summed E-state index contributed by atoms with van der Waals surface area (Å²) in [5.74, 6) is 1.10. The van der Waals surface area contributed by atoms with Crippen LogP contribution < -0.4 is 20.1 Å². The number of rotatable bonds is 10. The molecule has 1 saturated heterocycles. The first-order valence-corrected chi connectivity index (χ1v) is 10.1. The minimum atomic E-state index is -0.278. The van der Waals surface area contributed by atoms with E-state index in [4.69, 9.17) is 14.2 Å². The Morgan fingerprint density at radius 3 is 2.47 bits per heavy atom. The number of benzene rings is 1. The van der Waals surface area contributed by atoms with E-state index in [-0.39, 0.29) is 42.9 Å². The molecule has 0 aromatic heterocycles. The summed E-state index contributed by atoms with van der Waals surface area (Å²) < 4.78 is 16.8. The van der Waals surface area contributed by atoms with Crippen molar-refractivity contribution in [3.8, 4) is 11.5 Å². The molecule has 174 valence electrons. The van der Waals surface area contributed by atoms with Gasteiger partial charge in [-0.3, -0.25) is 9.69 Å². The third-order valence-electron chi connectivity index (χ3n) is 4.22. The van der Waals surface area contributed by atoms with Gasteiger partial charge in [0.1, 0.15) is 0 Å². The minimum absolute atomic E-state index is 0. The summed E-state index contributed by atoms with van der Waals surface area (Å²) in [6.45, 7) is 14.6. The average molecular weight is 466 g/mol. The highest BCUT2D eigenvalue weighted by Crippen LogP contribution is 2.28. The molecule has 2 rings (SSSR count). The molecule has 0 aliphatic carbocycles. The number of hydrogen-bond acceptors (Lipinski definition) is 6. The van der Waals surface area contributed by atoms with E-state index >= 15 is 0 Å². The first-order chi connectivity index (χ1) is 13.4. The summed E-state index contributed by atoms with van der Waals surface area (Å²) in [7, 11) is 0. The summed E-state index contributed by atoms with van der Waals surface area (Å²) in [5.41, 5.74) is 0.844. The largest absolute Gasteiger partial charge is 0.490 e. The van der Waals surface area contributed by atoms with E-state index in [0.29, 0.717) is 18.1 Å². The molecule has 0 bridgehead atoms. The summed E-state index contributed by atoms with van der Waals surface area (Å²) in [4.78, 5) is 14.4. The highest BCUT2D eigenvalue weighted by molar-refractivity contribution is 5.85. The number of ether oxygens (including phenoxy) is 3. The Labute approximate surface area is 193 Å². The van der Waals surface area contributed by atoms with E-state index in [2.05, 4.69) is 15.5 Å². The van der Waals surface area contributed by atoms with Crippen LogP contribution in [0.3, 0.4) is 0 Å². The molecule has 9 heteroatoms. The molecule has 7 nitrogen and oxygen atoms in total. The average Bonchev–Trinajstić information content (AvgIpc) is 2.64. The second kappa shape index (κ2) is 14.7. The highest BCUT2D eigenvalue weighted by Gasteiger charge is 2.15. The van der Waals surface area contributed by atoms with Gasteiger partial charge in [-0.1, -0.05) is 6.07 Å². The molecule has 1 amide bonds. The molecule has 0 spiro atoms. The van der Waals surface area contributed by atoms with Crippen molar-refractivity contribution in [3.05, 3.63) is 23.8 Å². The Balaban J connectivity index is 0.00000420. The molecule has 1 heterocycles. The number of carbonyl (C=O) groups is 1. The van der Waals surface area contributed by atoms with Crippen molar-refractivity contribution in [1.82, 2.24) is 15.5 Å². The number of nitrogens with zero attached hydrogens (tertiary/aromatic N) is 1. The fraction of sp³-hybridized carbons (Fsp3) is 0.667. The Kier molecular flexibility index (Phi) is 14.1. The zero-order chi connectivity index (χ0) is 20.4. The third kappa shape index (κ3) is 11.2. The number of amides is 1. The van der Waals surface area contributed by atoms with Crippen LogP contribution in [0.4, 0.5) is 0 Å². The maximum Gasteiger partial charge on any atom is 0.258 e. The lowest BCUT2D eigenvalue weighted by molar-refractivity contribution is -0.124. The van der Waals surface area contributed by atoms with Crippen molar-refractivity contribution in [3.63, 3.8) is 0 Å². The van der Waals surface area contributed by atoms with E-state index < -0.39 is 0 Å². The molecular weight excluding hydrogens is 429 g/mol. The van der Waals surface area contributed by atoms with Gasteiger partial charge in [-0.2, -0.15) is 0 Å². The number of hydrogen-bond donors (Lipinski definition) is 2. The maximum atomic E-state index is 12.0. The van der Waals surface area contributed by atoms with Crippen LogP contribution >= 0.6 is 24.8 Å². The van der Waals surface area contributed by atoms with Crippen molar-refractivity contribution < 1.29 is 19.0 Å². The molecule has 0 saturated carbocycles. The Morgan fingerprint density at radius 1 is 1.13 bits per heavy atom. The van der Waals surface area contributed by atoms with E-state index in [1.54, 1.807) is 0 Å². The van der Waals surface area contributed by atoms with Gasteiger partial charge in [0.25, 0.3) is 5.91 Å². The highest BCUT2D eigenvalue weighted by atomic mass is 35.5. The molecule has 1 aromatic carbocycles. The zero-order valence-electron chi connectivity index (χ0n) is 18.5. The first-order valence-electron chi connectivity index (χ1n) is 10.1. The van der Waals surface area contributed by atoms with Crippen molar-refractivity contribution in [2.45, 2.75) is 39.8 Å². The lowest BCUT2D eigenvalue weighted by Crippen LogP contribution is -2.43. The van der Waals surface area contributed by atoms with Crippen LogP contribution in [0.1, 0.15) is 33.3 Å². The van der Waals surface area contributed by atoms with Gasteiger partial charge in [-0.15, -0.1) is 24.8 Å². The van der Waals surface area contributed by atoms with Crippen LogP contribution in [0.2, 0.25) is 0 Å². The summed E-state index contributed by atoms with van der Waals surface area (Å²) in [6.07, 6.45) is 0. The second-order valence-electron chi connectivity index (χ2n) is 7.93. The molecule has 1 aromatic rings. The smallest absolute Gasteiger partial charge is 0.258 e. The molecular formula is C21H37Cl2N3O4. The molecule has 2 N–H and O–H groups in total. The molecule has 30 heavy (non-hydrogen) atoms. The predicted molar refractivity (Wildman–Crippen MR) is 124 cm³/mol. The number of carbonyl (C=O) groups excluding carboxylic acids is 1. The molecule has 1 aliphatic rings.